The molecular formula is C21H27N3O6. The predicted molar refractivity (Wildman–Crippen MR) is 109 cm³/mol. The zero-order chi connectivity index (χ0) is 22.3. The van der Waals surface area contributed by atoms with E-state index in [1.165, 1.54) is 7.11 Å². The number of carbonyl (C=O) groups excluding carboxylic acids is 3. The second-order valence-corrected chi connectivity index (χ2v) is 6.79. The van der Waals surface area contributed by atoms with Crippen LogP contribution in [-0.4, -0.2) is 49.7 Å². The molecule has 1 heterocycles. The Balaban J connectivity index is 1.91. The number of hydrogen-bond acceptors (Lipinski definition) is 6. The molecule has 30 heavy (non-hydrogen) atoms. The van der Waals surface area contributed by atoms with Gasteiger partial charge in [0.05, 0.1) is 12.2 Å². The average Bonchev–Trinajstić information content (AvgIpc) is 3.01. The number of H-pyrrole nitrogens is 1. The fourth-order valence-corrected chi connectivity index (χ4v) is 2.75. The van der Waals surface area contributed by atoms with Gasteiger partial charge in [-0.25, -0.2) is 4.79 Å². The van der Waals surface area contributed by atoms with Gasteiger partial charge in [-0.15, -0.1) is 0 Å². The monoisotopic (exact) mass is 417 g/mol. The van der Waals surface area contributed by atoms with Crippen LogP contribution in [0.25, 0.3) is 0 Å². The van der Waals surface area contributed by atoms with Crippen LogP contribution < -0.4 is 15.6 Å². The maximum atomic E-state index is 12.4. The van der Waals surface area contributed by atoms with E-state index in [0.29, 0.717) is 17.0 Å². The quantitative estimate of drug-likeness (QED) is 0.343. The van der Waals surface area contributed by atoms with Crippen molar-refractivity contribution in [2.45, 2.75) is 27.7 Å². The van der Waals surface area contributed by atoms with Gasteiger partial charge in [-0.3, -0.25) is 20.4 Å². The number of ether oxygens (including phenoxy) is 3. The van der Waals surface area contributed by atoms with Crippen molar-refractivity contribution < 1.29 is 28.6 Å². The van der Waals surface area contributed by atoms with Crippen molar-refractivity contribution >= 4 is 17.8 Å². The molecule has 162 valence electrons. The van der Waals surface area contributed by atoms with Crippen molar-refractivity contribution in [3.05, 3.63) is 51.8 Å². The third kappa shape index (κ3) is 5.84. The van der Waals surface area contributed by atoms with E-state index >= 15 is 0 Å². The Morgan fingerprint density at radius 3 is 2.40 bits per heavy atom. The normalized spacial score (nSPS) is 10.4. The summed E-state index contributed by atoms with van der Waals surface area (Å²) in [6.45, 7) is 7.34. The van der Waals surface area contributed by atoms with E-state index in [0.717, 1.165) is 11.1 Å². The summed E-state index contributed by atoms with van der Waals surface area (Å²) in [5.41, 5.74) is 8.12. The minimum absolute atomic E-state index is 0.109. The first kappa shape index (κ1) is 23.0. The third-order valence-electron chi connectivity index (χ3n) is 4.55. The summed E-state index contributed by atoms with van der Waals surface area (Å²) in [7, 11) is 1.50. The Labute approximate surface area is 175 Å². The summed E-state index contributed by atoms with van der Waals surface area (Å²) in [5, 5.41) is 0. The number of aromatic nitrogens is 1. The molecule has 0 bridgehead atoms. The van der Waals surface area contributed by atoms with Crippen LogP contribution in [0.1, 0.15) is 43.2 Å². The van der Waals surface area contributed by atoms with Gasteiger partial charge in [0.2, 0.25) is 0 Å². The standard InChI is InChI=1S/C21H27N3O6/c1-12-6-7-16(10-13(12)2)30-11-17(25)23-24-20(26)19-14(3)18(15(4)22-19)21(27)29-9-8-28-5/h6-7,10,22H,8-9,11H2,1-5H3,(H,23,25)(H,24,26). The number of aromatic amines is 1. The van der Waals surface area contributed by atoms with Crippen molar-refractivity contribution in [1.29, 1.82) is 0 Å². The number of benzene rings is 1. The molecule has 2 amide bonds. The smallest absolute Gasteiger partial charge is 0.340 e. The molecule has 1 aromatic carbocycles. The number of esters is 1. The molecule has 2 aromatic rings. The number of nitrogens with one attached hydrogen (secondary N) is 3. The molecule has 0 radical (unpaired) electrons. The van der Waals surface area contributed by atoms with Crippen molar-refractivity contribution in [3.8, 4) is 5.75 Å². The second kappa shape index (κ2) is 10.4. The van der Waals surface area contributed by atoms with Crippen LogP contribution in [0.15, 0.2) is 18.2 Å². The van der Waals surface area contributed by atoms with Gasteiger partial charge in [0.25, 0.3) is 11.8 Å². The lowest BCUT2D eigenvalue weighted by molar-refractivity contribution is -0.123. The van der Waals surface area contributed by atoms with Gasteiger partial charge in [-0.1, -0.05) is 6.07 Å². The fourth-order valence-electron chi connectivity index (χ4n) is 2.75. The van der Waals surface area contributed by atoms with Gasteiger partial charge < -0.3 is 19.2 Å². The summed E-state index contributed by atoms with van der Waals surface area (Å²) in [5.74, 6) is -1.11. The molecule has 1 aromatic heterocycles. The first-order valence-corrected chi connectivity index (χ1v) is 9.39. The Bertz CT molecular complexity index is 935. The van der Waals surface area contributed by atoms with E-state index in [1.807, 2.05) is 26.0 Å². The van der Waals surface area contributed by atoms with Gasteiger partial charge in [-0.2, -0.15) is 0 Å². The molecule has 9 heteroatoms. The molecule has 0 saturated heterocycles. The number of carbonyl (C=O) groups is 3. The summed E-state index contributed by atoms with van der Waals surface area (Å²) < 4.78 is 15.4. The highest BCUT2D eigenvalue weighted by atomic mass is 16.6. The molecule has 0 fully saturated rings. The SMILES string of the molecule is COCCOC(=O)c1c(C)[nH]c(C(=O)NNC(=O)COc2ccc(C)c(C)c2)c1C. The number of hydrogen-bond donors (Lipinski definition) is 3. The summed E-state index contributed by atoms with van der Waals surface area (Å²) >= 11 is 0. The van der Waals surface area contributed by atoms with E-state index < -0.39 is 17.8 Å². The number of methoxy groups -OCH3 is 1. The predicted octanol–water partition coefficient (Wildman–Crippen LogP) is 1.89. The van der Waals surface area contributed by atoms with Gasteiger partial charge in [0.1, 0.15) is 18.1 Å². The highest BCUT2D eigenvalue weighted by Gasteiger charge is 2.23. The van der Waals surface area contributed by atoms with Crippen LogP contribution in [0.5, 0.6) is 5.75 Å². The zero-order valence-electron chi connectivity index (χ0n) is 17.8. The molecular weight excluding hydrogens is 390 g/mol. The number of rotatable bonds is 8. The van der Waals surface area contributed by atoms with Crippen LogP contribution in [0.4, 0.5) is 0 Å². The van der Waals surface area contributed by atoms with E-state index in [1.54, 1.807) is 19.9 Å². The van der Waals surface area contributed by atoms with Gasteiger partial charge in [0, 0.05) is 12.8 Å². The Morgan fingerprint density at radius 1 is 1.00 bits per heavy atom. The third-order valence-corrected chi connectivity index (χ3v) is 4.55. The Morgan fingerprint density at radius 2 is 1.73 bits per heavy atom. The molecule has 0 aliphatic rings. The molecule has 0 saturated carbocycles. The lowest BCUT2D eigenvalue weighted by atomic mass is 10.1. The molecule has 0 aliphatic carbocycles. The molecule has 0 unspecified atom stereocenters. The van der Waals surface area contributed by atoms with Crippen LogP contribution in [0.2, 0.25) is 0 Å². The average molecular weight is 417 g/mol. The largest absolute Gasteiger partial charge is 0.484 e. The lowest BCUT2D eigenvalue weighted by Crippen LogP contribution is -2.44. The highest BCUT2D eigenvalue weighted by Crippen LogP contribution is 2.19. The maximum absolute atomic E-state index is 12.4. The molecule has 0 spiro atoms. The maximum Gasteiger partial charge on any atom is 0.340 e. The van der Waals surface area contributed by atoms with Crippen LogP contribution in [0.3, 0.4) is 0 Å². The topological polar surface area (TPSA) is 119 Å². The Kier molecular flexibility index (Phi) is 7.99. The fraction of sp³-hybridized carbons (Fsp3) is 0.381. The molecule has 0 aliphatic heterocycles. The van der Waals surface area contributed by atoms with Crippen LogP contribution in [-0.2, 0) is 14.3 Å². The van der Waals surface area contributed by atoms with Crippen molar-refractivity contribution in [2.75, 3.05) is 26.9 Å². The Hall–Kier alpha value is -3.33. The summed E-state index contributed by atoms with van der Waals surface area (Å²) in [6.07, 6.45) is 0. The summed E-state index contributed by atoms with van der Waals surface area (Å²) in [6, 6.07) is 5.50. The van der Waals surface area contributed by atoms with Crippen molar-refractivity contribution in [1.82, 2.24) is 15.8 Å². The second-order valence-electron chi connectivity index (χ2n) is 6.79. The minimum Gasteiger partial charge on any atom is -0.484 e. The lowest BCUT2D eigenvalue weighted by Gasteiger charge is -2.10. The van der Waals surface area contributed by atoms with E-state index in [-0.39, 0.29) is 31.1 Å². The highest BCUT2D eigenvalue weighted by molar-refractivity contribution is 6.01. The van der Waals surface area contributed by atoms with Gasteiger partial charge >= 0.3 is 5.97 Å². The van der Waals surface area contributed by atoms with Crippen LogP contribution in [0, 0.1) is 27.7 Å². The first-order valence-electron chi connectivity index (χ1n) is 9.39. The van der Waals surface area contributed by atoms with E-state index in [9.17, 15) is 14.4 Å². The molecule has 2 rings (SSSR count). The molecule has 0 atom stereocenters. The zero-order valence-corrected chi connectivity index (χ0v) is 17.8. The summed E-state index contributed by atoms with van der Waals surface area (Å²) in [4.78, 5) is 39.4. The first-order chi connectivity index (χ1) is 14.2. The van der Waals surface area contributed by atoms with Gasteiger partial charge in [-0.05, 0) is 56.5 Å². The molecule has 9 nitrogen and oxygen atoms in total. The van der Waals surface area contributed by atoms with E-state index in [2.05, 4.69) is 15.8 Å². The van der Waals surface area contributed by atoms with Crippen molar-refractivity contribution in [2.24, 2.45) is 0 Å². The molecule has 3 N–H and O–H groups in total. The number of aryl methyl sites for hydroxylation is 3. The number of amides is 2. The van der Waals surface area contributed by atoms with Gasteiger partial charge in [0.15, 0.2) is 6.61 Å². The van der Waals surface area contributed by atoms with E-state index in [4.69, 9.17) is 14.2 Å². The van der Waals surface area contributed by atoms with Crippen molar-refractivity contribution in [3.63, 3.8) is 0 Å². The minimum atomic E-state index is -0.592. The van der Waals surface area contributed by atoms with Crippen LogP contribution >= 0.6 is 0 Å². The number of hydrazine groups is 1.